The maximum atomic E-state index is 10.5. The van der Waals surface area contributed by atoms with Gasteiger partial charge in [-0.2, -0.15) is 0 Å². The lowest BCUT2D eigenvalue weighted by molar-refractivity contribution is 0.0964. The van der Waals surface area contributed by atoms with Crippen LogP contribution in [0, 0.1) is 0 Å². The Balaban J connectivity index is 1.74. The summed E-state index contributed by atoms with van der Waals surface area (Å²) >= 11 is 13.3. The molecular weight excluding hydrogens is 454 g/mol. The smallest absolute Gasteiger partial charge is 0.131 e. The molecule has 0 unspecified atom stereocenters. The molecule has 0 aromatic carbocycles. The summed E-state index contributed by atoms with van der Waals surface area (Å²) in [7, 11) is 0. The Morgan fingerprint density at radius 3 is 3.00 bits per heavy atom. The number of aliphatic hydroxyl groups excluding tert-OH is 1. The number of hydrogen-bond donors (Lipinski definition) is 3. The van der Waals surface area contributed by atoms with E-state index >= 15 is 0 Å². The van der Waals surface area contributed by atoms with E-state index in [1.165, 1.54) is 4.88 Å². The largest absolute Gasteiger partial charge is 0.392 e. The first-order chi connectivity index (χ1) is 12.5. The molecule has 0 saturated heterocycles. The number of rotatable bonds is 4. The topological polar surface area (TPSA) is 71.2 Å². The summed E-state index contributed by atoms with van der Waals surface area (Å²) in [5.41, 5.74) is 8.14. The maximum absolute atomic E-state index is 10.5. The molecule has 0 radical (unpaired) electrons. The van der Waals surface area contributed by atoms with Crippen molar-refractivity contribution in [3.63, 3.8) is 0 Å². The standard InChI is InChI=1S/C18H19BrClN3OS2/c19-15-16-17(26-18(15)14-10(21)4-1-5-12(14)24)11(7-13(20)23-16)22-8-9-3-2-6-25-9/h2-3,6-7,10,12,14,24H,1,4-5,8,21H2,(H,22,23)/t10-,12-,14+/m0/s1. The molecule has 1 saturated carbocycles. The molecule has 1 fully saturated rings. The normalized spacial score (nSPS) is 23.5. The van der Waals surface area contributed by atoms with E-state index in [9.17, 15) is 5.11 Å². The number of pyridine rings is 1. The lowest BCUT2D eigenvalue weighted by Gasteiger charge is -2.32. The minimum Gasteiger partial charge on any atom is -0.392 e. The van der Waals surface area contributed by atoms with E-state index in [-0.39, 0.29) is 12.0 Å². The van der Waals surface area contributed by atoms with Crippen LogP contribution in [-0.4, -0.2) is 22.2 Å². The summed E-state index contributed by atoms with van der Waals surface area (Å²) in [6.45, 7) is 0.740. The number of nitrogens with two attached hydrogens (primary N) is 1. The fraction of sp³-hybridized carbons (Fsp3) is 0.389. The van der Waals surface area contributed by atoms with Crippen LogP contribution < -0.4 is 11.1 Å². The number of nitrogens with zero attached hydrogens (tertiary/aromatic N) is 1. The van der Waals surface area contributed by atoms with E-state index in [1.54, 1.807) is 22.7 Å². The second-order valence-corrected chi connectivity index (χ2v) is 9.84. The molecule has 4 rings (SSSR count). The average molecular weight is 473 g/mol. The molecule has 3 aromatic heterocycles. The minimum atomic E-state index is -0.416. The second-order valence-electron chi connectivity index (χ2n) is 6.57. The van der Waals surface area contributed by atoms with Gasteiger partial charge in [0.1, 0.15) is 5.15 Å². The fourth-order valence-corrected chi connectivity index (χ4v) is 6.67. The van der Waals surface area contributed by atoms with E-state index in [1.807, 2.05) is 12.1 Å². The summed E-state index contributed by atoms with van der Waals surface area (Å²) in [4.78, 5) is 6.84. The van der Waals surface area contributed by atoms with Crippen LogP contribution in [0.1, 0.15) is 34.9 Å². The van der Waals surface area contributed by atoms with Crippen LogP contribution in [0.15, 0.2) is 28.1 Å². The maximum Gasteiger partial charge on any atom is 0.131 e. The third-order valence-corrected chi connectivity index (χ3v) is 8.28. The first kappa shape index (κ1) is 18.7. The Morgan fingerprint density at radius 1 is 1.42 bits per heavy atom. The Morgan fingerprint density at radius 2 is 2.27 bits per heavy atom. The number of nitrogens with one attached hydrogen (secondary N) is 1. The van der Waals surface area contributed by atoms with Gasteiger partial charge in [0.05, 0.1) is 26.5 Å². The van der Waals surface area contributed by atoms with Gasteiger partial charge < -0.3 is 16.2 Å². The van der Waals surface area contributed by atoms with Gasteiger partial charge in [-0.25, -0.2) is 4.98 Å². The van der Waals surface area contributed by atoms with Crippen molar-refractivity contribution in [1.29, 1.82) is 0 Å². The van der Waals surface area contributed by atoms with Crippen molar-refractivity contribution in [3.05, 3.63) is 43.0 Å². The number of anilines is 1. The SMILES string of the molecule is N[C@H]1CCC[C@H](O)[C@@H]1c1sc2c(NCc3cccs3)cc(Cl)nc2c1Br. The van der Waals surface area contributed by atoms with Crippen LogP contribution in [0.25, 0.3) is 10.2 Å². The van der Waals surface area contributed by atoms with E-state index in [0.717, 1.165) is 51.1 Å². The predicted octanol–water partition coefficient (Wildman–Crippen LogP) is 5.34. The highest BCUT2D eigenvalue weighted by Gasteiger charge is 2.34. The molecule has 0 amide bonds. The van der Waals surface area contributed by atoms with Crippen LogP contribution in [0.5, 0.6) is 0 Å². The lowest BCUT2D eigenvalue weighted by atomic mass is 9.82. The Hall–Kier alpha value is -0.700. The van der Waals surface area contributed by atoms with E-state index in [0.29, 0.717) is 5.15 Å². The summed E-state index contributed by atoms with van der Waals surface area (Å²) in [5.74, 6) is -0.0683. The van der Waals surface area contributed by atoms with E-state index < -0.39 is 6.10 Å². The third-order valence-electron chi connectivity index (χ3n) is 4.83. The molecule has 1 aliphatic carbocycles. The van der Waals surface area contributed by atoms with Gasteiger partial charge in [0.2, 0.25) is 0 Å². The Bertz CT molecular complexity index is 905. The zero-order chi connectivity index (χ0) is 18.3. The van der Waals surface area contributed by atoms with Gasteiger partial charge in [-0.15, -0.1) is 22.7 Å². The molecule has 3 heterocycles. The summed E-state index contributed by atoms with van der Waals surface area (Å²) in [5, 5.41) is 16.5. The van der Waals surface area contributed by atoms with Crippen LogP contribution in [0.4, 0.5) is 5.69 Å². The lowest BCUT2D eigenvalue weighted by Crippen LogP contribution is -2.39. The van der Waals surface area contributed by atoms with Crippen LogP contribution >= 0.6 is 50.2 Å². The number of hydrogen-bond acceptors (Lipinski definition) is 6. The summed E-state index contributed by atoms with van der Waals surface area (Å²) < 4.78 is 1.94. The number of fused-ring (bicyclic) bond motifs is 1. The summed E-state index contributed by atoms with van der Waals surface area (Å²) in [6, 6.07) is 5.97. The molecule has 138 valence electrons. The van der Waals surface area contributed by atoms with Gasteiger partial charge in [0, 0.05) is 34.3 Å². The van der Waals surface area contributed by atoms with Crippen molar-refractivity contribution >= 4 is 66.1 Å². The molecule has 3 aromatic rings. The quantitative estimate of drug-likeness (QED) is 0.448. The van der Waals surface area contributed by atoms with Gasteiger partial charge in [0.15, 0.2) is 0 Å². The molecule has 4 nitrogen and oxygen atoms in total. The van der Waals surface area contributed by atoms with Gasteiger partial charge in [-0.1, -0.05) is 17.7 Å². The average Bonchev–Trinajstić information content (AvgIpc) is 3.22. The molecule has 0 spiro atoms. The Kier molecular flexibility index (Phi) is 5.55. The molecule has 3 atom stereocenters. The molecular formula is C18H19BrClN3OS2. The molecule has 0 bridgehead atoms. The van der Waals surface area contributed by atoms with Gasteiger partial charge >= 0.3 is 0 Å². The fourth-order valence-electron chi connectivity index (χ4n) is 3.54. The number of aliphatic hydroxyl groups is 1. The van der Waals surface area contributed by atoms with Crippen LogP contribution in [-0.2, 0) is 6.54 Å². The van der Waals surface area contributed by atoms with Gasteiger partial charge in [-0.05, 0) is 46.6 Å². The molecule has 8 heteroatoms. The Labute approximate surface area is 173 Å². The van der Waals surface area contributed by atoms with E-state index in [4.69, 9.17) is 17.3 Å². The van der Waals surface area contributed by atoms with Crippen LogP contribution in [0.2, 0.25) is 5.15 Å². The van der Waals surface area contributed by atoms with E-state index in [2.05, 4.69) is 37.7 Å². The van der Waals surface area contributed by atoms with Crippen molar-refractivity contribution in [3.8, 4) is 0 Å². The zero-order valence-electron chi connectivity index (χ0n) is 13.9. The van der Waals surface area contributed by atoms with Crippen molar-refractivity contribution in [2.24, 2.45) is 5.73 Å². The van der Waals surface area contributed by atoms with Gasteiger partial charge in [-0.3, -0.25) is 0 Å². The third kappa shape index (κ3) is 3.53. The zero-order valence-corrected chi connectivity index (χ0v) is 17.9. The van der Waals surface area contributed by atoms with Crippen molar-refractivity contribution in [2.45, 2.75) is 43.9 Å². The summed E-state index contributed by atoms with van der Waals surface area (Å²) in [6.07, 6.45) is 2.27. The number of aromatic nitrogens is 1. The van der Waals surface area contributed by atoms with Crippen molar-refractivity contribution in [2.75, 3.05) is 5.32 Å². The highest BCUT2D eigenvalue weighted by atomic mass is 79.9. The minimum absolute atomic E-state index is 0.0406. The molecule has 0 aliphatic heterocycles. The van der Waals surface area contributed by atoms with Crippen LogP contribution in [0.3, 0.4) is 0 Å². The predicted molar refractivity (Wildman–Crippen MR) is 115 cm³/mol. The van der Waals surface area contributed by atoms with Crippen molar-refractivity contribution in [1.82, 2.24) is 4.98 Å². The highest BCUT2D eigenvalue weighted by Crippen LogP contribution is 2.46. The number of thiophene rings is 2. The second kappa shape index (κ2) is 7.73. The molecule has 26 heavy (non-hydrogen) atoms. The molecule has 4 N–H and O–H groups in total. The highest BCUT2D eigenvalue weighted by molar-refractivity contribution is 9.10. The van der Waals surface area contributed by atoms with Crippen molar-refractivity contribution < 1.29 is 5.11 Å². The first-order valence-electron chi connectivity index (χ1n) is 8.53. The first-order valence-corrected chi connectivity index (χ1v) is 11.4. The van der Waals surface area contributed by atoms with Gasteiger partial charge in [0.25, 0.3) is 0 Å². The molecule has 1 aliphatic rings. The number of halogens is 2. The monoisotopic (exact) mass is 471 g/mol.